The number of ether oxygens (including phenoxy) is 1. The molecule has 0 saturated carbocycles. The number of hydrogen-bond donors (Lipinski definition) is 2. The van der Waals surface area contributed by atoms with Crippen molar-refractivity contribution in [1.29, 1.82) is 0 Å². The lowest BCUT2D eigenvalue weighted by Gasteiger charge is -2.13. The van der Waals surface area contributed by atoms with Gasteiger partial charge in [0.25, 0.3) is 0 Å². The second-order valence-corrected chi connectivity index (χ2v) is 4.27. The predicted octanol–water partition coefficient (Wildman–Crippen LogP) is 2.95. The number of nitrogens with two attached hydrogens (primary N) is 1. The first kappa shape index (κ1) is 13.9. The van der Waals surface area contributed by atoms with Gasteiger partial charge in [-0.1, -0.05) is 18.2 Å². The molecular weight excluding hydrogens is 259 g/mol. The summed E-state index contributed by atoms with van der Waals surface area (Å²) in [5.74, 6) is -0.154. The lowest BCUT2D eigenvalue weighted by Crippen LogP contribution is -2.09. The van der Waals surface area contributed by atoms with Crippen molar-refractivity contribution in [2.24, 2.45) is 0 Å². The molecule has 4 nitrogen and oxygen atoms in total. The zero-order chi connectivity index (χ0) is 14.5. The average molecular weight is 274 g/mol. The number of nitrogen functional groups attached to an aromatic ring is 1. The van der Waals surface area contributed by atoms with E-state index < -0.39 is 5.82 Å². The standard InChI is InChI=1S/C15H15FN2O2/c1-10(19)18-14-7-2-3-8-15(14)20-9-11-12(16)5-4-6-13(11)17/h2-8H,9,17H2,1H3,(H,18,19). The monoisotopic (exact) mass is 274 g/mol. The summed E-state index contributed by atoms with van der Waals surface area (Å²) in [7, 11) is 0. The molecular formula is C15H15FN2O2. The Morgan fingerprint density at radius 2 is 2.00 bits per heavy atom. The van der Waals surface area contributed by atoms with Gasteiger partial charge in [0, 0.05) is 18.2 Å². The van der Waals surface area contributed by atoms with Gasteiger partial charge in [-0.3, -0.25) is 4.79 Å². The number of para-hydroxylation sites is 2. The van der Waals surface area contributed by atoms with E-state index >= 15 is 0 Å². The second-order valence-electron chi connectivity index (χ2n) is 4.27. The lowest BCUT2D eigenvalue weighted by atomic mass is 10.2. The Kier molecular flexibility index (Phi) is 4.20. The van der Waals surface area contributed by atoms with E-state index in [9.17, 15) is 9.18 Å². The molecule has 2 aromatic rings. The van der Waals surface area contributed by atoms with Crippen molar-refractivity contribution in [3.05, 3.63) is 53.8 Å². The Morgan fingerprint density at radius 1 is 1.25 bits per heavy atom. The van der Waals surface area contributed by atoms with Gasteiger partial charge in [0.15, 0.2) is 0 Å². The number of anilines is 2. The van der Waals surface area contributed by atoms with Crippen molar-refractivity contribution in [2.75, 3.05) is 11.1 Å². The van der Waals surface area contributed by atoms with Crippen LogP contribution in [0, 0.1) is 5.82 Å². The van der Waals surface area contributed by atoms with Crippen LogP contribution in [0.2, 0.25) is 0 Å². The lowest BCUT2D eigenvalue weighted by molar-refractivity contribution is -0.114. The summed E-state index contributed by atoms with van der Waals surface area (Å²) in [6.45, 7) is 1.40. The van der Waals surface area contributed by atoms with Crippen molar-refractivity contribution in [2.45, 2.75) is 13.5 Å². The Morgan fingerprint density at radius 3 is 2.70 bits per heavy atom. The molecule has 5 heteroatoms. The third-order valence-corrected chi connectivity index (χ3v) is 2.72. The largest absolute Gasteiger partial charge is 0.487 e. The van der Waals surface area contributed by atoms with Crippen LogP contribution in [0.4, 0.5) is 15.8 Å². The fourth-order valence-electron chi connectivity index (χ4n) is 1.76. The molecule has 104 valence electrons. The number of hydrogen-bond acceptors (Lipinski definition) is 3. The minimum Gasteiger partial charge on any atom is -0.487 e. The van der Waals surface area contributed by atoms with E-state index in [2.05, 4.69) is 5.32 Å². The molecule has 0 aliphatic rings. The zero-order valence-corrected chi connectivity index (χ0v) is 11.0. The third-order valence-electron chi connectivity index (χ3n) is 2.72. The Labute approximate surface area is 116 Å². The van der Waals surface area contributed by atoms with Gasteiger partial charge in [-0.15, -0.1) is 0 Å². The molecule has 0 spiro atoms. The van der Waals surface area contributed by atoms with Crippen LogP contribution in [0.5, 0.6) is 5.75 Å². The van der Waals surface area contributed by atoms with Gasteiger partial charge < -0.3 is 15.8 Å². The summed E-state index contributed by atoms with van der Waals surface area (Å²) in [4.78, 5) is 11.1. The van der Waals surface area contributed by atoms with Crippen molar-refractivity contribution in [1.82, 2.24) is 0 Å². The summed E-state index contributed by atoms with van der Waals surface area (Å²) < 4.78 is 19.2. The SMILES string of the molecule is CC(=O)Nc1ccccc1OCc1c(N)cccc1F. The molecule has 20 heavy (non-hydrogen) atoms. The van der Waals surface area contributed by atoms with E-state index in [1.165, 1.54) is 13.0 Å². The second kappa shape index (κ2) is 6.06. The molecule has 0 aromatic heterocycles. The minimum absolute atomic E-state index is 0.00486. The minimum atomic E-state index is -0.415. The van der Waals surface area contributed by atoms with Gasteiger partial charge in [-0.25, -0.2) is 4.39 Å². The van der Waals surface area contributed by atoms with E-state index in [-0.39, 0.29) is 12.5 Å². The number of carbonyl (C=O) groups excluding carboxylic acids is 1. The number of carbonyl (C=O) groups is 1. The van der Waals surface area contributed by atoms with Crippen LogP contribution < -0.4 is 15.8 Å². The maximum Gasteiger partial charge on any atom is 0.221 e. The quantitative estimate of drug-likeness (QED) is 0.842. The summed E-state index contributed by atoms with van der Waals surface area (Å²) in [6.07, 6.45) is 0. The first-order chi connectivity index (χ1) is 9.58. The summed E-state index contributed by atoms with van der Waals surface area (Å²) in [6, 6.07) is 11.4. The first-order valence-corrected chi connectivity index (χ1v) is 6.10. The highest BCUT2D eigenvalue weighted by Gasteiger charge is 2.09. The van der Waals surface area contributed by atoms with Gasteiger partial charge in [0.2, 0.25) is 5.91 Å². The van der Waals surface area contributed by atoms with Crippen molar-refractivity contribution < 1.29 is 13.9 Å². The Hall–Kier alpha value is -2.56. The molecule has 1 amide bonds. The van der Waals surface area contributed by atoms with E-state index in [1.807, 2.05) is 0 Å². The maximum absolute atomic E-state index is 13.6. The molecule has 3 N–H and O–H groups in total. The van der Waals surface area contributed by atoms with Crippen molar-refractivity contribution in [3.8, 4) is 5.75 Å². The van der Waals surface area contributed by atoms with E-state index in [4.69, 9.17) is 10.5 Å². The summed E-state index contributed by atoms with van der Waals surface area (Å²) in [5.41, 5.74) is 6.88. The van der Waals surface area contributed by atoms with Crippen molar-refractivity contribution >= 4 is 17.3 Å². The highest BCUT2D eigenvalue weighted by molar-refractivity contribution is 5.90. The molecule has 0 saturated heterocycles. The highest BCUT2D eigenvalue weighted by atomic mass is 19.1. The number of halogens is 1. The fourth-order valence-corrected chi connectivity index (χ4v) is 1.76. The maximum atomic E-state index is 13.6. The van der Waals surface area contributed by atoms with Gasteiger partial charge >= 0.3 is 0 Å². The number of benzene rings is 2. The molecule has 0 atom stereocenters. The van der Waals surface area contributed by atoms with Gasteiger partial charge in [0.1, 0.15) is 18.2 Å². The van der Waals surface area contributed by atoms with Crippen LogP contribution in [0.1, 0.15) is 12.5 Å². The molecule has 0 fully saturated rings. The zero-order valence-electron chi connectivity index (χ0n) is 11.0. The normalized spacial score (nSPS) is 10.1. The van der Waals surface area contributed by atoms with Gasteiger partial charge in [-0.2, -0.15) is 0 Å². The number of amides is 1. The topological polar surface area (TPSA) is 64.3 Å². The Bertz CT molecular complexity index is 609. The fraction of sp³-hybridized carbons (Fsp3) is 0.133. The van der Waals surface area contributed by atoms with Gasteiger partial charge in [-0.05, 0) is 24.3 Å². The van der Waals surface area contributed by atoms with Crippen LogP contribution in [0.15, 0.2) is 42.5 Å². The van der Waals surface area contributed by atoms with Gasteiger partial charge in [0.05, 0.1) is 5.69 Å². The van der Waals surface area contributed by atoms with E-state index in [0.717, 1.165) is 0 Å². The molecule has 0 unspecified atom stereocenters. The smallest absolute Gasteiger partial charge is 0.221 e. The third kappa shape index (κ3) is 3.26. The molecule has 0 aliphatic carbocycles. The summed E-state index contributed by atoms with van der Waals surface area (Å²) in [5, 5.41) is 2.65. The first-order valence-electron chi connectivity index (χ1n) is 6.10. The molecule has 0 radical (unpaired) electrons. The van der Waals surface area contributed by atoms with Crippen LogP contribution in [0.25, 0.3) is 0 Å². The van der Waals surface area contributed by atoms with Crippen LogP contribution in [0.3, 0.4) is 0 Å². The van der Waals surface area contributed by atoms with E-state index in [1.54, 1.807) is 36.4 Å². The molecule has 2 aromatic carbocycles. The molecule has 2 rings (SSSR count). The highest BCUT2D eigenvalue weighted by Crippen LogP contribution is 2.26. The summed E-state index contributed by atoms with van der Waals surface area (Å²) >= 11 is 0. The van der Waals surface area contributed by atoms with Crippen LogP contribution in [-0.2, 0) is 11.4 Å². The van der Waals surface area contributed by atoms with Crippen molar-refractivity contribution in [3.63, 3.8) is 0 Å². The number of nitrogens with one attached hydrogen (secondary N) is 1. The molecule has 0 aliphatic heterocycles. The van der Waals surface area contributed by atoms with Crippen LogP contribution >= 0.6 is 0 Å². The Balaban J connectivity index is 2.17. The number of rotatable bonds is 4. The van der Waals surface area contributed by atoms with Crippen LogP contribution in [-0.4, -0.2) is 5.91 Å². The average Bonchev–Trinajstić information content (AvgIpc) is 2.39. The molecule has 0 bridgehead atoms. The van der Waals surface area contributed by atoms with E-state index in [0.29, 0.717) is 22.7 Å². The predicted molar refractivity (Wildman–Crippen MR) is 75.9 cm³/mol. The molecule has 0 heterocycles.